The van der Waals surface area contributed by atoms with Gasteiger partial charge in [-0.2, -0.15) is 0 Å². The molecule has 68 valence electrons. The minimum absolute atomic E-state index is 0.136. The Morgan fingerprint density at radius 2 is 1.83 bits per heavy atom. The summed E-state index contributed by atoms with van der Waals surface area (Å²) in [4.78, 5) is 0. The highest BCUT2D eigenvalue weighted by atomic mass is 19.1. The molecule has 2 nitrogen and oxygen atoms in total. The SMILES string of the molecule is CNC.Cc1cc(F)ccc1O. The summed E-state index contributed by atoms with van der Waals surface area (Å²) in [6, 6.07) is 3.85. The molecule has 0 saturated heterocycles. The van der Waals surface area contributed by atoms with E-state index in [9.17, 15) is 4.39 Å². The summed E-state index contributed by atoms with van der Waals surface area (Å²) in [6.45, 7) is 1.65. The van der Waals surface area contributed by atoms with Crippen LogP contribution in [0.4, 0.5) is 4.39 Å². The van der Waals surface area contributed by atoms with E-state index in [1.54, 1.807) is 6.92 Å². The molecule has 0 atom stereocenters. The summed E-state index contributed by atoms with van der Waals surface area (Å²) in [5.74, 6) is -0.179. The molecule has 2 N–H and O–H groups in total. The Labute approximate surface area is 72.0 Å². The second-order valence-corrected chi connectivity index (χ2v) is 2.43. The molecule has 0 spiro atoms. The lowest BCUT2D eigenvalue weighted by Gasteiger charge is -1.94. The van der Waals surface area contributed by atoms with Gasteiger partial charge in [-0.05, 0) is 44.8 Å². The van der Waals surface area contributed by atoms with Gasteiger partial charge >= 0.3 is 0 Å². The van der Waals surface area contributed by atoms with Gasteiger partial charge in [0, 0.05) is 0 Å². The molecule has 1 aromatic rings. The molecule has 0 bridgehead atoms. The van der Waals surface area contributed by atoms with Crippen LogP contribution in [0.25, 0.3) is 0 Å². The van der Waals surface area contributed by atoms with Crippen molar-refractivity contribution in [2.24, 2.45) is 0 Å². The number of phenolic OH excluding ortho intramolecular Hbond substituents is 1. The molecule has 0 aliphatic heterocycles. The summed E-state index contributed by atoms with van der Waals surface area (Å²) in [7, 11) is 3.75. The molecule has 1 aromatic carbocycles. The Morgan fingerprint density at radius 1 is 1.33 bits per heavy atom. The van der Waals surface area contributed by atoms with Crippen LogP contribution in [0.3, 0.4) is 0 Å². The number of nitrogens with one attached hydrogen (secondary N) is 1. The van der Waals surface area contributed by atoms with Crippen LogP contribution in [-0.2, 0) is 0 Å². The van der Waals surface area contributed by atoms with E-state index in [1.165, 1.54) is 18.2 Å². The lowest BCUT2D eigenvalue weighted by molar-refractivity contribution is 0.468. The first-order valence-corrected chi connectivity index (χ1v) is 3.65. The molecule has 1 rings (SSSR count). The van der Waals surface area contributed by atoms with Crippen LogP contribution in [0.1, 0.15) is 5.56 Å². The monoisotopic (exact) mass is 171 g/mol. The van der Waals surface area contributed by atoms with E-state index in [1.807, 2.05) is 14.1 Å². The Balaban J connectivity index is 0.000000354. The van der Waals surface area contributed by atoms with Crippen LogP contribution in [0, 0.1) is 12.7 Å². The maximum atomic E-state index is 12.2. The zero-order valence-electron chi connectivity index (χ0n) is 7.56. The van der Waals surface area contributed by atoms with Crippen molar-refractivity contribution in [1.29, 1.82) is 0 Å². The molecular formula is C9H14FNO. The van der Waals surface area contributed by atoms with Crippen molar-refractivity contribution in [1.82, 2.24) is 5.32 Å². The fraction of sp³-hybridized carbons (Fsp3) is 0.333. The Morgan fingerprint density at radius 3 is 2.17 bits per heavy atom. The van der Waals surface area contributed by atoms with Crippen LogP contribution in [-0.4, -0.2) is 19.2 Å². The maximum Gasteiger partial charge on any atom is 0.123 e. The van der Waals surface area contributed by atoms with Crippen molar-refractivity contribution in [3.63, 3.8) is 0 Å². The second-order valence-electron chi connectivity index (χ2n) is 2.43. The third kappa shape index (κ3) is 3.93. The lowest BCUT2D eigenvalue weighted by atomic mass is 10.2. The molecule has 0 aliphatic rings. The molecule has 0 aliphatic carbocycles. The van der Waals surface area contributed by atoms with E-state index in [0.29, 0.717) is 5.56 Å². The minimum atomic E-state index is -0.315. The van der Waals surface area contributed by atoms with Gasteiger partial charge in [-0.3, -0.25) is 0 Å². The number of hydrogen-bond donors (Lipinski definition) is 2. The van der Waals surface area contributed by atoms with E-state index in [2.05, 4.69) is 5.32 Å². The summed E-state index contributed by atoms with van der Waals surface area (Å²) in [6.07, 6.45) is 0. The van der Waals surface area contributed by atoms with Crippen molar-refractivity contribution in [2.75, 3.05) is 14.1 Å². The van der Waals surface area contributed by atoms with Crippen molar-refractivity contribution < 1.29 is 9.50 Å². The Kier molecular flexibility index (Phi) is 5.04. The Hall–Kier alpha value is -1.09. The quantitative estimate of drug-likeness (QED) is 0.622. The second kappa shape index (κ2) is 5.55. The number of halogens is 1. The third-order valence-electron chi connectivity index (χ3n) is 1.16. The third-order valence-corrected chi connectivity index (χ3v) is 1.16. The summed E-state index contributed by atoms with van der Waals surface area (Å²) < 4.78 is 12.2. The molecule has 0 unspecified atom stereocenters. The van der Waals surface area contributed by atoms with Gasteiger partial charge in [0.1, 0.15) is 11.6 Å². The topological polar surface area (TPSA) is 32.3 Å². The first-order valence-electron chi connectivity index (χ1n) is 3.65. The van der Waals surface area contributed by atoms with Gasteiger partial charge in [0.2, 0.25) is 0 Å². The number of hydrogen-bond acceptors (Lipinski definition) is 2. The normalized spacial score (nSPS) is 8.67. The summed E-state index contributed by atoms with van der Waals surface area (Å²) in [5, 5.41) is 11.6. The van der Waals surface area contributed by atoms with Gasteiger partial charge < -0.3 is 10.4 Å². The average molecular weight is 171 g/mol. The lowest BCUT2D eigenvalue weighted by Crippen LogP contribution is -1.89. The fourth-order valence-corrected chi connectivity index (χ4v) is 0.619. The van der Waals surface area contributed by atoms with Crippen molar-refractivity contribution in [2.45, 2.75) is 6.92 Å². The smallest absolute Gasteiger partial charge is 0.123 e. The zero-order chi connectivity index (χ0) is 9.56. The standard InChI is InChI=1S/C7H7FO.C2H7N/c1-5-4-6(8)2-3-7(5)9;1-3-2/h2-4,9H,1H3;3H,1-2H3. The number of aromatic hydroxyl groups is 1. The van der Waals surface area contributed by atoms with E-state index in [-0.39, 0.29) is 11.6 Å². The van der Waals surface area contributed by atoms with E-state index < -0.39 is 0 Å². The molecule has 0 fully saturated rings. The molecule has 0 aromatic heterocycles. The summed E-state index contributed by atoms with van der Waals surface area (Å²) in [5.41, 5.74) is 0.565. The molecule has 0 amide bonds. The van der Waals surface area contributed by atoms with Crippen molar-refractivity contribution in [3.8, 4) is 5.75 Å². The first-order chi connectivity index (χ1) is 5.61. The molecule has 0 heterocycles. The average Bonchev–Trinajstić information content (AvgIpc) is 1.99. The van der Waals surface area contributed by atoms with Crippen LogP contribution in [0.15, 0.2) is 18.2 Å². The van der Waals surface area contributed by atoms with Crippen LogP contribution in [0.2, 0.25) is 0 Å². The van der Waals surface area contributed by atoms with E-state index >= 15 is 0 Å². The van der Waals surface area contributed by atoms with Gasteiger partial charge in [0.05, 0.1) is 0 Å². The van der Waals surface area contributed by atoms with Crippen molar-refractivity contribution >= 4 is 0 Å². The number of aryl methyl sites for hydroxylation is 1. The van der Waals surface area contributed by atoms with Crippen LogP contribution in [0.5, 0.6) is 5.75 Å². The molecule has 12 heavy (non-hydrogen) atoms. The largest absolute Gasteiger partial charge is 0.508 e. The van der Waals surface area contributed by atoms with Crippen LogP contribution < -0.4 is 5.32 Å². The van der Waals surface area contributed by atoms with Gasteiger partial charge in [-0.15, -0.1) is 0 Å². The highest BCUT2D eigenvalue weighted by molar-refractivity contribution is 5.30. The number of rotatable bonds is 0. The molecule has 0 saturated carbocycles. The first kappa shape index (κ1) is 10.9. The van der Waals surface area contributed by atoms with Crippen LogP contribution >= 0.6 is 0 Å². The van der Waals surface area contributed by atoms with E-state index in [0.717, 1.165) is 0 Å². The number of phenols is 1. The molecule has 0 radical (unpaired) electrons. The Bertz CT molecular complexity index is 238. The van der Waals surface area contributed by atoms with Gasteiger partial charge in [-0.25, -0.2) is 4.39 Å². The predicted molar refractivity (Wildman–Crippen MR) is 47.8 cm³/mol. The van der Waals surface area contributed by atoms with Crippen molar-refractivity contribution in [3.05, 3.63) is 29.6 Å². The van der Waals surface area contributed by atoms with Gasteiger partial charge in [-0.1, -0.05) is 0 Å². The molecule has 3 heteroatoms. The van der Waals surface area contributed by atoms with Gasteiger partial charge in [0.15, 0.2) is 0 Å². The summed E-state index contributed by atoms with van der Waals surface area (Å²) >= 11 is 0. The number of benzene rings is 1. The van der Waals surface area contributed by atoms with E-state index in [4.69, 9.17) is 5.11 Å². The minimum Gasteiger partial charge on any atom is -0.508 e. The highest BCUT2D eigenvalue weighted by Gasteiger charge is 1.94. The zero-order valence-corrected chi connectivity index (χ0v) is 7.56. The van der Waals surface area contributed by atoms with Gasteiger partial charge in [0.25, 0.3) is 0 Å². The highest BCUT2D eigenvalue weighted by Crippen LogP contribution is 2.15. The molecular weight excluding hydrogens is 157 g/mol. The predicted octanol–water partition coefficient (Wildman–Crippen LogP) is 1.68. The maximum absolute atomic E-state index is 12.2. The fourth-order valence-electron chi connectivity index (χ4n) is 0.619.